The molecule has 0 saturated heterocycles. The fourth-order valence-corrected chi connectivity index (χ4v) is 3.30. The molecule has 1 atom stereocenters. The number of hydrogen-bond donors (Lipinski definition) is 3. The van der Waals surface area contributed by atoms with E-state index in [0.29, 0.717) is 28.0 Å². The average Bonchev–Trinajstić information content (AvgIpc) is 3.50. The third-order valence-electron chi connectivity index (χ3n) is 4.92. The molecule has 32 heavy (non-hydrogen) atoms. The van der Waals surface area contributed by atoms with Crippen molar-refractivity contribution >= 4 is 28.0 Å². The lowest BCUT2D eigenvalue weighted by Crippen LogP contribution is -2.27. The maximum atomic E-state index is 12.9. The molecule has 9 nitrogen and oxygen atoms in total. The van der Waals surface area contributed by atoms with E-state index in [2.05, 4.69) is 35.4 Å². The van der Waals surface area contributed by atoms with Crippen LogP contribution in [0.25, 0.3) is 33.6 Å². The molecule has 5 aromatic rings. The van der Waals surface area contributed by atoms with Gasteiger partial charge in [-0.15, -0.1) is 0 Å². The molecule has 162 valence electrons. The quantitative estimate of drug-likeness (QED) is 0.387. The molecule has 0 aliphatic heterocycles. The molecule has 1 amide bonds. The minimum atomic E-state index is -4.45. The highest BCUT2D eigenvalue weighted by molar-refractivity contribution is 6.03. The Bertz CT molecular complexity index is 1450. The molecule has 3 N–H and O–H groups in total. The summed E-state index contributed by atoms with van der Waals surface area (Å²) in [5, 5.41) is 7.28. The monoisotopic (exact) mass is 441 g/mol. The van der Waals surface area contributed by atoms with E-state index in [1.54, 1.807) is 25.3 Å². The lowest BCUT2D eigenvalue weighted by atomic mass is 10.2. The summed E-state index contributed by atoms with van der Waals surface area (Å²) in [4.78, 5) is 30.7. The van der Waals surface area contributed by atoms with Crippen LogP contribution in [0.4, 0.5) is 13.2 Å². The summed E-state index contributed by atoms with van der Waals surface area (Å²) in [7, 11) is 0. The first-order valence-corrected chi connectivity index (χ1v) is 9.42. The number of imidazole rings is 1. The summed E-state index contributed by atoms with van der Waals surface area (Å²) in [6, 6.07) is 5.93. The van der Waals surface area contributed by atoms with Crippen LogP contribution in [0.15, 0.2) is 47.4 Å². The molecule has 0 aliphatic rings. The van der Waals surface area contributed by atoms with Crippen molar-refractivity contribution in [3.8, 4) is 11.5 Å². The van der Waals surface area contributed by atoms with Crippen LogP contribution in [-0.4, -0.2) is 36.0 Å². The molecule has 0 saturated carbocycles. The summed E-state index contributed by atoms with van der Waals surface area (Å²) in [6.07, 6.45) is -1.51. The van der Waals surface area contributed by atoms with Gasteiger partial charge in [0, 0.05) is 12.3 Å². The predicted octanol–water partition coefficient (Wildman–Crippen LogP) is 4.00. The number of H-pyrrole nitrogens is 2. The fraction of sp³-hybridized carbons (Fsp3) is 0.150. The SMILES string of the molecule is C[C@@H](NC(=O)c1ncnc2[nH]ccc12)c1cc(-c2nc3ccc(C(F)(F)F)cc3[nH]2)no1. The summed E-state index contributed by atoms with van der Waals surface area (Å²) in [5.41, 5.74) is 0.844. The fourth-order valence-electron chi connectivity index (χ4n) is 3.30. The highest BCUT2D eigenvalue weighted by Gasteiger charge is 2.31. The maximum absolute atomic E-state index is 12.9. The molecule has 0 unspecified atom stereocenters. The Morgan fingerprint density at radius 1 is 1.19 bits per heavy atom. The van der Waals surface area contributed by atoms with Gasteiger partial charge in [0.05, 0.1) is 28.0 Å². The lowest BCUT2D eigenvalue weighted by molar-refractivity contribution is -0.137. The van der Waals surface area contributed by atoms with E-state index >= 15 is 0 Å². The van der Waals surface area contributed by atoms with Crippen LogP contribution in [0.5, 0.6) is 0 Å². The number of aromatic amines is 2. The number of aromatic nitrogens is 6. The van der Waals surface area contributed by atoms with Gasteiger partial charge in [-0.3, -0.25) is 4.79 Å². The van der Waals surface area contributed by atoms with Gasteiger partial charge in [-0.05, 0) is 31.2 Å². The molecule has 1 aromatic carbocycles. The molecule has 12 heteroatoms. The average molecular weight is 441 g/mol. The number of nitrogens with zero attached hydrogens (tertiary/aromatic N) is 4. The highest BCUT2D eigenvalue weighted by Crippen LogP contribution is 2.32. The number of fused-ring (bicyclic) bond motifs is 2. The number of alkyl halides is 3. The molecule has 0 aliphatic carbocycles. The molecule has 0 fully saturated rings. The number of hydrogen-bond acceptors (Lipinski definition) is 6. The highest BCUT2D eigenvalue weighted by atomic mass is 19.4. The topological polar surface area (TPSA) is 125 Å². The van der Waals surface area contributed by atoms with Crippen LogP contribution in [0.3, 0.4) is 0 Å². The Morgan fingerprint density at radius 3 is 2.84 bits per heavy atom. The third-order valence-corrected chi connectivity index (χ3v) is 4.92. The molecule has 0 radical (unpaired) electrons. The molecule has 0 spiro atoms. The van der Waals surface area contributed by atoms with Gasteiger partial charge in [0.15, 0.2) is 11.6 Å². The van der Waals surface area contributed by atoms with Crippen LogP contribution in [0.1, 0.15) is 34.8 Å². The Hall–Kier alpha value is -4.22. The molecule has 4 heterocycles. The Labute approximate surface area is 177 Å². The van der Waals surface area contributed by atoms with E-state index < -0.39 is 23.7 Å². The van der Waals surface area contributed by atoms with Crippen LogP contribution >= 0.6 is 0 Å². The Kier molecular flexibility index (Phi) is 4.43. The second kappa shape index (κ2) is 7.18. The standard InChI is InChI=1S/C20H14F3N7O2/c1-9(27-19(31)16-11-4-5-24-17(11)26-8-25-16)15-7-14(30-32-15)18-28-12-3-2-10(20(21,22)23)6-13(12)29-18/h2-9H,1H3,(H,27,31)(H,28,29)(H,24,25,26)/t9-/m1/s1. The van der Waals surface area contributed by atoms with E-state index in [1.807, 2.05) is 0 Å². The number of halogens is 3. The molecule has 5 rings (SSSR count). The van der Waals surface area contributed by atoms with Crippen LogP contribution < -0.4 is 5.32 Å². The van der Waals surface area contributed by atoms with Gasteiger partial charge in [0.2, 0.25) is 0 Å². The first-order valence-electron chi connectivity index (χ1n) is 9.42. The van der Waals surface area contributed by atoms with Gasteiger partial charge >= 0.3 is 6.18 Å². The number of carbonyl (C=O) groups excluding carboxylic acids is 1. The van der Waals surface area contributed by atoms with Gasteiger partial charge in [-0.2, -0.15) is 13.2 Å². The zero-order valence-electron chi connectivity index (χ0n) is 16.4. The number of carbonyl (C=O) groups is 1. The van der Waals surface area contributed by atoms with Crippen LogP contribution in [-0.2, 0) is 6.18 Å². The van der Waals surface area contributed by atoms with Gasteiger partial charge in [0.25, 0.3) is 5.91 Å². The summed E-state index contributed by atoms with van der Waals surface area (Å²) in [6.45, 7) is 1.70. The van der Waals surface area contributed by atoms with Crippen molar-refractivity contribution in [2.75, 3.05) is 0 Å². The molecular weight excluding hydrogens is 427 g/mol. The van der Waals surface area contributed by atoms with E-state index in [9.17, 15) is 18.0 Å². The maximum Gasteiger partial charge on any atom is 0.416 e. The van der Waals surface area contributed by atoms with Crippen molar-refractivity contribution < 1.29 is 22.5 Å². The Balaban J connectivity index is 1.37. The van der Waals surface area contributed by atoms with Crippen molar-refractivity contribution in [1.82, 2.24) is 35.4 Å². The summed E-state index contributed by atoms with van der Waals surface area (Å²) < 4.78 is 44.1. The number of amides is 1. The van der Waals surface area contributed by atoms with E-state index in [1.165, 1.54) is 12.4 Å². The zero-order valence-corrected chi connectivity index (χ0v) is 16.4. The molecular formula is C20H14F3N7O2. The molecule has 4 aromatic heterocycles. The largest absolute Gasteiger partial charge is 0.416 e. The lowest BCUT2D eigenvalue weighted by Gasteiger charge is -2.10. The van der Waals surface area contributed by atoms with Crippen molar-refractivity contribution in [3.05, 3.63) is 59.9 Å². The van der Waals surface area contributed by atoms with Gasteiger partial charge in [-0.25, -0.2) is 15.0 Å². The van der Waals surface area contributed by atoms with Gasteiger partial charge in [-0.1, -0.05) is 5.16 Å². The van der Waals surface area contributed by atoms with Crippen molar-refractivity contribution in [2.45, 2.75) is 19.1 Å². The van der Waals surface area contributed by atoms with Crippen LogP contribution in [0, 0.1) is 0 Å². The van der Waals surface area contributed by atoms with E-state index in [-0.39, 0.29) is 17.0 Å². The first kappa shape index (κ1) is 19.7. The first-order chi connectivity index (χ1) is 15.3. The normalized spacial score (nSPS) is 13.0. The second-order valence-corrected chi connectivity index (χ2v) is 7.09. The van der Waals surface area contributed by atoms with Crippen molar-refractivity contribution in [3.63, 3.8) is 0 Å². The van der Waals surface area contributed by atoms with Crippen molar-refractivity contribution in [2.24, 2.45) is 0 Å². The van der Waals surface area contributed by atoms with Gasteiger partial charge in [0.1, 0.15) is 23.4 Å². The third kappa shape index (κ3) is 3.45. The number of rotatable bonds is 4. The second-order valence-electron chi connectivity index (χ2n) is 7.09. The van der Waals surface area contributed by atoms with Crippen LogP contribution in [0.2, 0.25) is 0 Å². The number of benzene rings is 1. The van der Waals surface area contributed by atoms with E-state index in [4.69, 9.17) is 4.52 Å². The minimum absolute atomic E-state index is 0.209. The Morgan fingerprint density at radius 2 is 2.03 bits per heavy atom. The van der Waals surface area contributed by atoms with Gasteiger partial charge < -0.3 is 19.8 Å². The minimum Gasteiger partial charge on any atom is -0.358 e. The number of nitrogens with one attached hydrogen (secondary N) is 3. The summed E-state index contributed by atoms with van der Waals surface area (Å²) >= 11 is 0. The predicted molar refractivity (Wildman–Crippen MR) is 106 cm³/mol. The smallest absolute Gasteiger partial charge is 0.358 e. The molecule has 0 bridgehead atoms. The zero-order chi connectivity index (χ0) is 22.5. The van der Waals surface area contributed by atoms with E-state index in [0.717, 1.165) is 12.1 Å². The van der Waals surface area contributed by atoms with Crippen molar-refractivity contribution in [1.29, 1.82) is 0 Å². The summed E-state index contributed by atoms with van der Waals surface area (Å²) in [5.74, 6) is 0.160.